The van der Waals surface area contributed by atoms with Crippen LogP contribution in [0.4, 0.5) is 0 Å². The highest BCUT2D eigenvalue weighted by Crippen LogP contribution is 2.41. The van der Waals surface area contributed by atoms with Gasteiger partial charge in [0.05, 0.1) is 12.7 Å². The molecule has 2 aliphatic rings. The number of benzene rings is 3. The number of carbonyl (C=O) groups excluding carboxylic acids is 1. The molecule has 2 fully saturated rings. The van der Waals surface area contributed by atoms with Crippen LogP contribution in [0.2, 0.25) is 0 Å². The fourth-order valence-corrected chi connectivity index (χ4v) is 4.96. The van der Waals surface area contributed by atoms with Crippen LogP contribution in [0.3, 0.4) is 0 Å². The van der Waals surface area contributed by atoms with Crippen molar-refractivity contribution in [2.45, 2.75) is 43.7 Å². The van der Waals surface area contributed by atoms with Gasteiger partial charge in [0.15, 0.2) is 0 Å². The number of hydrogen-bond acceptors (Lipinski definition) is 4. The van der Waals surface area contributed by atoms with Gasteiger partial charge in [-0.15, -0.1) is 0 Å². The van der Waals surface area contributed by atoms with E-state index in [1.807, 2.05) is 42.5 Å². The van der Waals surface area contributed by atoms with Crippen molar-refractivity contribution in [3.05, 3.63) is 108 Å². The maximum Gasteiger partial charge on any atom is 0.222 e. The molecule has 0 N–H and O–H groups in total. The summed E-state index contributed by atoms with van der Waals surface area (Å²) in [4.78, 5) is 14.9. The second-order valence-electron chi connectivity index (χ2n) is 8.66. The molecule has 3 aromatic carbocycles. The number of hydrogen-bond donors (Lipinski definition) is 0. The topological polar surface area (TPSA) is 38.8 Å². The van der Waals surface area contributed by atoms with Crippen LogP contribution in [-0.2, 0) is 26.6 Å². The minimum atomic E-state index is -0.968. The molecule has 0 unspecified atom stereocenters. The van der Waals surface area contributed by atoms with Gasteiger partial charge in [-0.2, -0.15) is 0 Å². The fraction of sp³-hybridized carbons (Fsp3) is 0.321. The number of piperidine rings is 1. The summed E-state index contributed by atoms with van der Waals surface area (Å²) >= 11 is 0. The Morgan fingerprint density at radius 2 is 1.44 bits per heavy atom. The minimum absolute atomic E-state index is 0.0344. The van der Waals surface area contributed by atoms with Crippen molar-refractivity contribution in [3.63, 3.8) is 0 Å². The van der Waals surface area contributed by atoms with E-state index in [2.05, 4.69) is 53.4 Å². The molecule has 0 saturated carbocycles. The quantitative estimate of drug-likeness (QED) is 0.579. The zero-order valence-electron chi connectivity index (χ0n) is 18.2. The Hall–Kier alpha value is -2.79. The van der Waals surface area contributed by atoms with Gasteiger partial charge in [-0.25, -0.2) is 0 Å². The van der Waals surface area contributed by atoms with E-state index in [-0.39, 0.29) is 12.1 Å². The molecular weight excluding hydrogens is 398 g/mol. The van der Waals surface area contributed by atoms with Crippen LogP contribution in [0, 0.1) is 0 Å². The van der Waals surface area contributed by atoms with E-state index in [9.17, 15) is 4.79 Å². The number of Topliss-reactive ketones (excluding diaryl/α,β-unsaturated/α-hetero) is 1. The fourth-order valence-electron chi connectivity index (χ4n) is 4.96. The van der Waals surface area contributed by atoms with Crippen molar-refractivity contribution in [1.82, 2.24) is 4.90 Å². The van der Waals surface area contributed by atoms with Crippen molar-refractivity contribution in [2.24, 2.45) is 0 Å². The second kappa shape index (κ2) is 9.37. The molecule has 2 atom stereocenters. The molecule has 0 radical (unpaired) electrons. The number of nitrogens with zero attached hydrogens (tertiary/aromatic N) is 1. The first kappa shape index (κ1) is 21.1. The zero-order chi connectivity index (χ0) is 21.8. The number of likely N-dealkylation sites (tertiary alicyclic amines) is 1. The van der Waals surface area contributed by atoms with Gasteiger partial charge in [-0.3, -0.25) is 9.69 Å². The number of ketones is 1. The van der Waals surface area contributed by atoms with E-state index in [4.69, 9.17) is 9.47 Å². The van der Waals surface area contributed by atoms with Crippen LogP contribution in [0.25, 0.3) is 0 Å². The van der Waals surface area contributed by atoms with Gasteiger partial charge in [0, 0.05) is 43.1 Å². The lowest BCUT2D eigenvalue weighted by molar-refractivity contribution is -0.289. The Morgan fingerprint density at radius 3 is 2.06 bits per heavy atom. The zero-order valence-corrected chi connectivity index (χ0v) is 18.2. The molecule has 2 heterocycles. The highest BCUT2D eigenvalue weighted by molar-refractivity contribution is 5.80. The van der Waals surface area contributed by atoms with Crippen LogP contribution in [0.1, 0.15) is 36.0 Å². The first-order valence-corrected chi connectivity index (χ1v) is 11.5. The smallest absolute Gasteiger partial charge is 0.222 e. The van der Waals surface area contributed by atoms with Crippen LogP contribution < -0.4 is 0 Å². The highest BCUT2D eigenvalue weighted by Gasteiger charge is 2.46. The van der Waals surface area contributed by atoms with E-state index in [0.717, 1.165) is 30.6 Å². The van der Waals surface area contributed by atoms with Crippen LogP contribution in [0.15, 0.2) is 91.0 Å². The van der Waals surface area contributed by atoms with E-state index >= 15 is 0 Å². The van der Waals surface area contributed by atoms with E-state index in [0.29, 0.717) is 25.2 Å². The molecule has 32 heavy (non-hydrogen) atoms. The lowest BCUT2D eigenvalue weighted by Gasteiger charge is -2.47. The Morgan fingerprint density at radius 1 is 0.844 bits per heavy atom. The van der Waals surface area contributed by atoms with Gasteiger partial charge in [0.25, 0.3) is 0 Å². The third-order valence-electron chi connectivity index (χ3n) is 6.57. The van der Waals surface area contributed by atoms with Crippen LogP contribution >= 0.6 is 0 Å². The molecule has 4 heteroatoms. The summed E-state index contributed by atoms with van der Waals surface area (Å²) in [5, 5.41) is 0. The summed E-state index contributed by atoms with van der Waals surface area (Å²) in [5.41, 5.74) is 3.22. The van der Waals surface area contributed by atoms with Crippen LogP contribution in [0.5, 0.6) is 0 Å². The molecule has 2 aliphatic heterocycles. The normalized spacial score (nSPS) is 23.7. The van der Waals surface area contributed by atoms with Crippen LogP contribution in [-0.4, -0.2) is 36.0 Å². The Bertz CT molecular complexity index is 983. The van der Waals surface area contributed by atoms with Gasteiger partial charge in [-0.05, 0) is 12.0 Å². The maximum atomic E-state index is 12.5. The third-order valence-corrected chi connectivity index (χ3v) is 6.57. The van der Waals surface area contributed by atoms with Gasteiger partial charge < -0.3 is 9.47 Å². The average Bonchev–Trinajstić information content (AvgIpc) is 2.87. The predicted molar refractivity (Wildman–Crippen MR) is 124 cm³/mol. The van der Waals surface area contributed by atoms with Gasteiger partial charge >= 0.3 is 0 Å². The third kappa shape index (κ3) is 4.26. The van der Waals surface area contributed by atoms with Crippen molar-refractivity contribution < 1.29 is 14.3 Å². The summed E-state index contributed by atoms with van der Waals surface area (Å²) in [6.07, 6.45) is 1.80. The summed E-state index contributed by atoms with van der Waals surface area (Å²) in [5.74, 6) is -0.649. The summed E-state index contributed by atoms with van der Waals surface area (Å²) in [7, 11) is 0. The molecule has 5 rings (SSSR count). The number of rotatable bonds is 5. The molecule has 4 nitrogen and oxygen atoms in total. The molecular formula is C28H29NO3. The largest absolute Gasteiger partial charge is 0.342 e. The average molecular weight is 428 g/mol. The van der Waals surface area contributed by atoms with E-state index < -0.39 is 5.79 Å². The summed E-state index contributed by atoms with van der Waals surface area (Å²) in [6.45, 7) is 2.17. The Balaban J connectivity index is 1.48. The summed E-state index contributed by atoms with van der Waals surface area (Å²) < 4.78 is 13.3. The Labute approximate surface area is 189 Å². The highest BCUT2D eigenvalue weighted by atomic mass is 16.7. The van der Waals surface area contributed by atoms with E-state index in [1.165, 1.54) is 5.56 Å². The number of ether oxygens (including phenoxy) is 2. The Kier molecular flexibility index (Phi) is 6.17. The first-order chi connectivity index (χ1) is 15.7. The van der Waals surface area contributed by atoms with Gasteiger partial charge in [0.1, 0.15) is 5.78 Å². The standard InChI is InChI=1S/C28H29NO3/c30-25-16-18-29(21-22-10-4-1-5-11-22)26(20-25)27-17-19-31-28(32-27,23-12-6-2-7-13-23)24-14-8-3-9-15-24/h1-15,26-27H,16-21H2/t26-,27-/m0/s1. The minimum Gasteiger partial charge on any atom is -0.342 e. The first-order valence-electron chi connectivity index (χ1n) is 11.5. The van der Waals surface area contributed by atoms with E-state index in [1.54, 1.807) is 0 Å². The predicted octanol–water partition coefficient (Wildman–Crippen LogP) is 4.93. The van der Waals surface area contributed by atoms with Crippen molar-refractivity contribution in [1.29, 1.82) is 0 Å². The number of carbonyl (C=O) groups is 1. The molecule has 2 saturated heterocycles. The lowest BCUT2D eigenvalue weighted by Crippen LogP contribution is -2.55. The molecule has 3 aromatic rings. The van der Waals surface area contributed by atoms with Gasteiger partial charge in [0.2, 0.25) is 5.79 Å². The maximum absolute atomic E-state index is 12.5. The SMILES string of the molecule is O=C1CCN(Cc2ccccc2)[C@H]([C@@H]2CCOC(c3ccccc3)(c3ccccc3)O2)C1. The molecule has 0 amide bonds. The van der Waals surface area contributed by atoms with Crippen molar-refractivity contribution in [3.8, 4) is 0 Å². The second-order valence-corrected chi connectivity index (χ2v) is 8.66. The lowest BCUT2D eigenvalue weighted by atomic mass is 9.90. The van der Waals surface area contributed by atoms with Crippen molar-refractivity contribution >= 4 is 5.78 Å². The molecule has 0 aliphatic carbocycles. The molecule has 0 bridgehead atoms. The molecule has 0 aromatic heterocycles. The van der Waals surface area contributed by atoms with Gasteiger partial charge in [-0.1, -0.05) is 91.0 Å². The summed E-state index contributed by atoms with van der Waals surface area (Å²) in [6, 6.07) is 30.8. The molecule has 0 spiro atoms. The molecule has 164 valence electrons. The monoisotopic (exact) mass is 427 g/mol. The van der Waals surface area contributed by atoms with Crippen molar-refractivity contribution in [2.75, 3.05) is 13.2 Å².